The second-order valence-electron chi connectivity index (χ2n) is 5.49. The van der Waals surface area contributed by atoms with Crippen molar-refractivity contribution in [1.82, 2.24) is 0 Å². The highest BCUT2D eigenvalue weighted by Gasteiger charge is 2.19. The van der Waals surface area contributed by atoms with Gasteiger partial charge in [-0.25, -0.2) is 9.18 Å². The maximum absolute atomic E-state index is 13.6. The summed E-state index contributed by atoms with van der Waals surface area (Å²) in [4.78, 5) is 22.4. The second-order valence-corrected chi connectivity index (χ2v) is 5.49. The second kappa shape index (κ2) is 6.00. The number of carbonyl (C=O) groups excluding carboxylic acids is 2. The number of nitrogens with one attached hydrogen (secondary N) is 1. The van der Waals surface area contributed by atoms with Crippen molar-refractivity contribution in [3.8, 4) is 0 Å². The fourth-order valence-electron chi connectivity index (χ4n) is 1.60. The third-order valence-corrected chi connectivity index (χ3v) is 2.42. The largest absolute Gasteiger partial charge is 0.444 e. The third kappa shape index (κ3) is 4.31. The molecule has 1 amide bonds. The first-order valence-electron chi connectivity index (χ1n) is 6.18. The van der Waals surface area contributed by atoms with Crippen molar-refractivity contribution in [1.29, 1.82) is 0 Å². The number of halogens is 1. The van der Waals surface area contributed by atoms with Crippen LogP contribution in [0.4, 0.5) is 14.9 Å². The Hall–Kier alpha value is -1.95. The molecule has 0 aromatic heterocycles. The van der Waals surface area contributed by atoms with Gasteiger partial charge in [-0.05, 0) is 45.4 Å². The quantitative estimate of drug-likeness (QED) is 0.835. The monoisotopic (exact) mass is 282 g/mol. The van der Waals surface area contributed by atoms with Gasteiger partial charge in [0.1, 0.15) is 11.4 Å². The highest BCUT2D eigenvalue weighted by molar-refractivity contribution is 5.87. The summed E-state index contributed by atoms with van der Waals surface area (Å²) in [6.07, 6.45) is -0.309. The summed E-state index contributed by atoms with van der Waals surface area (Å²) in [7, 11) is 0. The maximum atomic E-state index is 13.6. The van der Waals surface area contributed by atoms with Crippen molar-refractivity contribution in [2.75, 3.05) is 5.32 Å². The molecule has 1 unspecified atom stereocenters. The maximum Gasteiger partial charge on any atom is 0.412 e. The van der Waals surface area contributed by atoms with Gasteiger partial charge in [0.15, 0.2) is 6.29 Å². The Morgan fingerprint density at radius 2 is 2.05 bits per heavy atom. The molecule has 1 aromatic rings. The average molecular weight is 282 g/mol. The van der Waals surface area contributed by atoms with Gasteiger partial charge in [0.25, 0.3) is 0 Å². The van der Waals surface area contributed by atoms with Crippen LogP contribution in [-0.2, 0) is 4.74 Å². The molecule has 0 aliphatic heterocycles. The van der Waals surface area contributed by atoms with Crippen molar-refractivity contribution >= 4 is 18.1 Å². The molecular weight excluding hydrogens is 263 g/mol. The average Bonchev–Trinajstić information content (AvgIpc) is 2.25. The van der Waals surface area contributed by atoms with Gasteiger partial charge in [-0.1, -0.05) is 0 Å². The first-order valence-corrected chi connectivity index (χ1v) is 6.18. The summed E-state index contributed by atoms with van der Waals surface area (Å²) >= 11 is 0. The van der Waals surface area contributed by atoms with Crippen LogP contribution in [0.1, 0.15) is 49.7 Å². The van der Waals surface area contributed by atoms with Crippen LogP contribution in [0.5, 0.6) is 0 Å². The molecule has 0 radical (unpaired) electrons. The van der Waals surface area contributed by atoms with E-state index in [2.05, 4.69) is 5.32 Å². The normalized spacial score (nSPS) is 12.7. The number of benzene rings is 1. The van der Waals surface area contributed by atoms with E-state index in [1.165, 1.54) is 6.07 Å². The zero-order valence-electron chi connectivity index (χ0n) is 12.0. The van der Waals surface area contributed by atoms with Crippen molar-refractivity contribution in [3.05, 3.63) is 29.1 Å². The number of anilines is 1. The molecule has 1 atom stereocenters. The van der Waals surface area contributed by atoms with Crippen LogP contribution < -0.4 is 11.1 Å². The van der Waals surface area contributed by atoms with E-state index in [-0.39, 0.29) is 11.3 Å². The Bertz CT molecular complexity index is 522. The van der Waals surface area contributed by atoms with Gasteiger partial charge >= 0.3 is 6.09 Å². The SMILES string of the molecule is CC(N)c1cc(C=O)c(F)cc1NC(=O)OC(C)(C)C. The number of aldehydes is 1. The zero-order chi connectivity index (χ0) is 15.5. The molecule has 1 aromatic carbocycles. The van der Waals surface area contributed by atoms with E-state index in [0.717, 1.165) is 6.07 Å². The van der Waals surface area contributed by atoms with E-state index in [4.69, 9.17) is 10.5 Å². The highest BCUT2D eigenvalue weighted by atomic mass is 19.1. The third-order valence-electron chi connectivity index (χ3n) is 2.42. The number of ether oxygens (including phenoxy) is 1. The predicted molar refractivity (Wildman–Crippen MR) is 74.2 cm³/mol. The Morgan fingerprint density at radius 3 is 2.50 bits per heavy atom. The number of amides is 1. The smallest absolute Gasteiger partial charge is 0.412 e. The van der Waals surface area contributed by atoms with E-state index in [9.17, 15) is 14.0 Å². The van der Waals surface area contributed by atoms with Gasteiger partial charge in [0, 0.05) is 6.04 Å². The van der Waals surface area contributed by atoms with Crippen molar-refractivity contribution < 1.29 is 18.7 Å². The summed E-state index contributed by atoms with van der Waals surface area (Å²) in [5, 5.41) is 2.44. The van der Waals surface area contributed by atoms with Crippen LogP contribution in [0.3, 0.4) is 0 Å². The summed E-state index contributed by atoms with van der Waals surface area (Å²) in [6.45, 7) is 6.82. The summed E-state index contributed by atoms with van der Waals surface area (Å²) in [5.41, 5.74) is 5.64. The lowest BCUT2D eigenvalue weighted by Crippen LogP contribution is -2.28. The number of nitrogens with two attached hydrogens (primary N) is 1. The minimum absolute atomic E-state index is 0.105. The Kier molecular flexibility index (Phi) is 4.83. The van der Waals surface area contributed by atoms with Crippen LogP contribution in [0.15, 0.2) is 12.1 Å². The van der Waals surface area contributed by atoms with Gasteiger partial charge in [-0.15, -0.1) is 0 Å². The van der Waals surface area contributed by atoms with Crippen molar-refractivity contribution in [2.45, 2.75) is 39.3 Å². The number of carbonyl (C=O) groups is 2. The van der Waals surface area contributed by atoms with E-state index in [1.807, 2.05) is 0 Å². The molecular formula is C14H19FN2O3. The molecule has 110 valence electrons. The van der Waals surface area contributed by atoms with Gasteiger partial charge in [-0.3, -0.25) is 10.1 Å². The van der Waals surface area contributed by atoms with Gasteiger partial charge in [-0.2, -0.15) is 0 Å². The van der Waals surface area contributed by atoms with E-state index < -0.39 is 23.6 Å². The molecule has 20 heavy (non-hydrogen) atoms. The molecule has 0 aliphatic rings. The molecule has 3 N–H and O–H groups in total. The minimum atomic E-state index is -0.726. The Morgan fingerprint density at radius 1 is 1.45 bits per heavy atom. The van der Waals surface area contributed by atoms with Crippen LogP contribution in [-0.4, -0.2) is 18.0 Å². The Labute approximate surface area is 117 Å². The van der Waals surface area contributed by atoms with E-state index in [0.29, 0.717) is 11.8 Å². The van der Waals surface area contributed by atoms with Crippen LogP contribution in [0.25, 0.3) is 0 Å². The summed E-state index contributed by atoms with van der Waals surface area (Å²) in [6, 6.07) is 1.91. The molecule has 0 saturated carbocycles. The predicted octanol–water partition coefficient (Wildman–Crippen LogP) is 3.00. The molecule has 6 heteroatoms. The molecule has 5 nitrogen and oxygen atoms in total. The molecule has 0 spiro atoms. The van der Waals surface area contributed by atoms with E-state index in [1.54, 1.807) is 27.7 Å². The highest BCUT2D eigenvalue weighted by Crippen LogP contribution is 2.25. The van der Waals surface area contributed by atoms with Gasteiger partial charge in [0.2, 0.25) is 0 Å². The fourth-order valence-corrected chi connectivity index (χ4v) is 1.60. The first kappa shape index (κ1) is 16.1. The van der Waals surface area contributed by atoms with Gasteiger partial charge < -0.3 is 10.5 Å². The topological polar surface area (TPSA) is 81.4 Å². The molecule has 0 fully saturated rings. The van der Waals surface area contributed by atoms with Crippen LogP contribution in [0, 0.1) is 5.82 Å². The fraction of sp³-hybridized carbons (Fsp3) is 0.429. The lowest BCUT2D eigenvalue weighted by atomic mass is 10.0. The van der Waals surface area contributed by atoms with Crippen LogP contribution >= 0.6 is 0 Å². The minimum Gasteiger partial charge on any atom is -0.444 e. The van der Waals surface area contributed by atoms with E-state index >= 15 is 0 Å². The number of hydrogen-bond acceptors (Lipinski definition) is 4. The lowest BCUT2D eigenvalue weighted by Gasteiger charge is -2.21. The molecule has 0 aliphatic carbocycles. The summed E-state index contributed by atoms with van der Waals surface area (Å²) < 4.78 is 18.7. The van der Waals surface area contributed by atoms with Crippen LogP contribution in [0.2, 0.25) is 0 Å². The Balaban J connectivity index is 3.08. The molecule has 0 heterocycles. The first-order chi connectivity index (χ1) is 9.14. The molecule has 0 bridgehead atoms. The molecule has 0 saturated heterocycles. The van der Waals surface area contributed by atoms with Crippen molar-refractivity contribution in [2.24, 2.45) is 5.73 Å². The van der Waals surface area contributed by atoms with Gasteiger partial charge in [0.05, 0.1) is 11.3 Å². The number of hydrogen-bond donors (Lipinski definition) is 2. The number of rotatable bonds is 3. The standard InChI is InChI=1S/C14H19FN2O3/c1-8(16)10-5-9(7-18)11(15)6-12(10)17-13(19)20-14(2,3)4/h5-8H,16H2,1-4H3,(H,17,19). The lowest BCUT2D eigenvalue weighted by molar-refractivity contribution is 0.0635. The summed E-state index contributed by atoms with van der Waals surface area (Å²) in [5.74, 6) is -0.726. The zero-order valence-corrected chi connectivity index (χ0v) is 12.0. The molecule has 1 rings (SSSR count). The van der Waals surface area contributed by atoms with Crippen molar-refractivity contribution in [3.63, 3.8) is 0 Å².